The maximum absolute atomic E-state index is 13.6. The fourth-order valence-electron chi connectivity index (χ4n) is 2.18. The van der Waals surface area contributed by atoms with Crippen LogP contribution >= 0.6 is 11.6 Å². The molecule has 3 aromatic rings. The largest absolute Gasteiger partial charge is 0.352 e. The number of carbonyl (C=O) groups excluding carboxylic acids is 1. The molecular weight excluding hydrogens is 305 g/mol. The van der Waals surface area contributed by atoms with E-state index in [0.29, 0.717) is 18.0 Å². The van der Waals surface area contributed by atoms with Gasteiger partial charge in [0.05, 0.1) is 11.3 Å². The van der Waals surface area contributed by atoms with Crippen LogP contribution < -0.4 is 5.32 Å². The highest BCUT2D eigenvalue weighted by Gasteiger charge is 2.12. The van der Waals surface area contributed by atoms with Crippen molar-refractivity contribution in [3.63, 3.8) is 0 Å². The van der Waals surface area contributed by atoms with E-state index in [1.54, 1.807) is 0 Å². The fraction of sp³-hybridized carbons (Fsp3) is 0.125. The third-order valence-corrected chi connectivity index (χ3v) is 3.49. The molecular formula is C16H13ClFN3O. The SMILES string of the molecule is O=C(NCCc1cn2ccccc2n1)c1cc(Cl)ccc1F. The molecule has 1 amide bonds. The molecule has 0 saturated carbocycles. The molecule has 3 rings (SSSR count). The number of nitrogens with one attached hydrogen (secondary N) is 1. The van der Waals surface area contributed by atoms with Gasteiger partial charge in [-0.1, -0.05) is 17.7 Å². The zero-order valence-electron chi connectivity index (χ0n) is 11.6. The lowest BCUT2D eigenvalue weighted by Gasteiger charge is -2.05. The summed E-state index contributed by atoms with van der Waals surface area (Å²) in [5.74, 6) is -1.07. The molecule has 22 heavy (non-hydrogen) atoms. The van der Waals surface area contributed by atoms with Crippen LogP contribution in [0.2, 0.25) is 5.02 Å². The molecule has 1 aromatic carbocycles. The number of hydrogen-bond donors (Lipinski definition) is 1. The van der Waals surface area contributed by atoms with Crippen LogP contribution in [0.15, 0.2) is 48.8 Å². The second kappa shape index (κ2) is 6.15. The summed E-state index contributed by atoms with van der Waals surface area (Å²) in [6.45, 7) is 0.370. The summed E-state index contributed by atoms with van der Waals surface area (Å²) >= 11 is 5.78. The smallest absolute Gasteiger partial charge is 0.254 e. The van der Waals surface area contributed by atoms with Crippen LogP contribution in [0.4, 0.5) is 4.39 Å². The van der Waals surface area contributed by atoms with Crippen LogP contribution in [-0.2, 0) is 6.42 Å². The van der Waals surface area contributed by atoms with E-state index in [2.05, 4.69) is 10.3 Å². The lowest BCUT2D eigenvalue weighted by atomic mass is 10.2. The van der Waals surface area contributed by atoms with Gasteiger partial charge in [-0.2, -0.15) is 0 Å². The molecule has 0 radical (unpaired) electrons. The Kier molecular flexibility index (Phi) is 4.06. The minimum atomic E-state index is -0.588. The van der Waals surface area contributed by atoms with Gasteiger partial charge in [-0.05, 0) is 30.3 Å². The second-order valence-corrected chi connectivity index (χ2v) is 5.26. The maximum atomic E-state index is 13.6. The molecule has 0 aliphatic carbocycles. The summed E-state index contributed by atoms with van der Waals surface area (Å²) in [7, 11) is 0. The zero-order chi connectivity index (χ0) is 15.5. The lowest BCUT2D eigenvalue weighted by Crippen LogP contribution is -2.26. The maximum Gasteiger partial charge on any atom is 0.254 e. The molecule has 1 N–H and O–H groups in total. The van der Waals surface area contributed by atoms with Crippen molar-refractivity contribution in [2.75, 3.05) is 6.54 Å². The van der Waals surface area contributed by atoms with Gasteiger partial charge >= 0.3 is 0 Å². The first kappa shape index (κ1) is 14.5. The Labute approximate surface area is 131 Å². The molecule has 0 bridgehead atoms. The number of halogens is 2. The Bertz CT molecular complexity index is 798. The van der Waals surface area contributed by atoms with Crippen molar-refractivity contribution in [1.82, 2.24) is 14.7 Å². The number of fused-ring (bicyclic) bond motifs is 1. The molecule has 2 heterocycles. The lowest BCUT2D eigenvalue weighted by molar-refractivity contribution is 0.0950. The fourth-order valence-corrected chi connectivity index (χ4v) is 2.35. The molecule has 0 aliphatic heterocycles. The number of aromatic nitrogens is 2. The normalized spacial score (nSPS) is 10.8. The van der Waals surface area contributed by atoms with Gasteiger partial charge < -0.3 is 9.72 Å². The van der Waals surface area contributed by atoms with Gasteiger partial charge in [-0.15, -0.1) is 0 Å². The van der Waals surface area contributed by atoms with Gasteiger partial charge in [-0.3, -0.25) is 4.79 Å². The summed E-state index contributed by atoms with van der Waals surface area (Å²) in [5, 5.41) is 3.00. The van der Waals surface area contributed by atoms with Crippen molar-refractivity contribution < 1.29 is 9.18 Å². The Balaban J connectivity index is 1.62. The van der Waals surface area contributed by atoms with E-state index in [1.807, 2.05) is 35.0 Å². The minimum absolute atomic E-state index is 0.0532. The van der Waals surface area contributed by atoms with Crippen LogP contribution in [0.5, 0.6) is 0 Å². The highest BCUT2D eigenvalue weighted by Crippen LogP contribution is 2.14. The van der Waals surface area contributed by atoms with Crippen LogP contribution in [-0.4, -0.2) is 21.8 Å². The van der Waals surface area contributed by atoms with Crippen LogP contribution in [0, 0.1) is 5.82 Å². The van der Waals surface area contributed by atoms with Gasteiger partial charge in [0.2, 0.25) is 0 Å². The molecule has 2 aromatic heterocycles. The van der Waals surface area contributed by atoms with E-state index in [1.165, 1.54) is 18.2 Å². The van der Waals surface area contributed by atoms with Gasteiger partial charge in [0.25, 0.3) is 5.91 Å². The predicted octanol–water partition coefficient (Wildman–Crippen LogP) is 3.10. The molecule has 0 aliphatic rings. The summed E-state index contributed by atoms with van der Waals surface area (Å²) in [6.07, 6.45) is 4.38. The van der Waals surface area contributed by atoms with Crippen molar-refractivity contribution in [2.45, 2.75) is 6.42 Å². The van der Waals surface area contributed by atoms with E-state index >= 15 is 0 Å². The molecule has 0 saturated heterocycles. The Morgan fingerprint density at radius 1 is 1.32 bits per heavy atom. The number of carbonyl (C=O) groups is 1. The summed E-state index contributed by atoms with van der Waals surface area (Å²) in [6, 6.07) is 9.64. The van der Waals surface area contributed by atoms with Gasteiger partial charge in [-0.25, -0.2) is 9.37 Å². The van der Waals surface area contributed by atoms with Crippen molar-refractivity contribution in [2.24, 2.45) is 0 Å². The van der Waals surface area contributed by atoms with Gasteiger partial charge in [0.1, 0.15) is 11.5 Å². The first-order valence-corrected chi connectivity index (χ1v) is 7.17. The number of nitrogens with zero attached hydrogens (tertiary/aromatic N) is 2. The molecule has 112 valence electrons. The minimum Gasteiger partial charge on any atom is -0.352 e. The number of hydrogen-bond acceptors (Lipinski definition) is 2. The first-order chi connectivity index (χ1) is 10.6. The first-order valence-electron chi connectivity index (χ1n) is 6.79. The standard InChI is InChI=1S/C16H13ClFN3O/c17-11-4-5-14(18)13(9-11)16(22)19-7-6-12-10-21-8-2-1-3-15(21)20-12/h1-5,8-10H,6-7H2,(H,19,22). The Hall–Kier alpha value is -2.40. The summed E-state index contributed by atoms with van der Waals surface area (Å²) in [5.41, 5.74) is 1.66. The van der Waals surface area contributed by atoms with Crippen LogP contribution in [0.1, 0.15) is 16.1 Å². The van der Waals surface area contributed by atoms with E-state index in [-0.39, 0.29) is 5.56 Å². The quantitative estimate of drug-likeness (QED) is 0.803. The summed E-state index contributed by atoms with van der Waals surface area (Å²) in [4.78, 5) is 16.4. The average molecular weight is 318 g/mol. The Morgan fingerprint density at radius 3 is 3.00 bits per heavy atom. The van der Waals surface area contributed by atoms with Crippen LogP contribution in [0.25, 0.3) is 5.65 Å². The van der Waals surface area contributed by atoms with Gasteiger partial charge in [0.15, 0.2) is 0 Å². The molecule has 0 unspecified atom stereocenters. The topological polar surface area (TPSA) is 46.4 Å². The monoisotopic (exact) mass is 317 g/mol. The van der Waals surface area contributed by atoms with Crippen molar-refractivity contribution in [3.05, 3.63) is 70.9 Å². The highest BCUT2D eigenvalue weighted by molar-refractivity contribution is 6.31. The molecule has 4 nitrogen and oxygen atoms in total. The van der Waals surface area contributed by atoms with Crippen molar-refractivity contribution in [1.29, 1.82) is 0 Å². The third-order valence-electron chi connectivity index (χ3n) is 3.25. The van der Waals surface area contributed by atoms with E-state index in [0.717, 1.165) is 11.3 Å². The van der Waals surface area contributed by atoms with E-state index in [4.69, 9.17) is 11.6 Å². The van der Waals surface area contributed by atoms with Gasteiger partial charge in [0, 0.05) is 30.4 Å². The van der Waals surface area contributed by atoms with E-state index in [9.17, 15) is 9.18 Å². The number of imidazole rings is 1. The number of amides is 1. The molecule has 0 fully saturated rings. The molecule has 0 spiro atoms. The van der Waals surface area contributed by atoms with Crippen LogP contribution in [0.3, 0.4) is 0 Å². The number of rotatable bonds is 4. The zero-order valence-corrected chi connectivity index (χ0v) is 12.3. The number of pyridine rings is 1. The Morgan fingerprint density at radius 2 is 2.18 bits per heavy atom. The van der Waals surface area contributed by atoms with Crippen molar-refractivity contribution >= 4 is 23.2 Å². The average Bonchev–Trinajstić information content (AvgIpc) is 2.92. The third kappa shape index (κ3) is 3.09. The molecule has 6 heteroatoms. The predicted molar refractivity (Wildman–Crippen MR) is 82.6 cm³/mol. The number of benzene rings is 1. The highest BCUT2D eigenvalue weighted by atomic mass is 35.5. The molecule has 0 atom stereocenters. The van der Waals surface area contributed by atoms with E-state index < -0.39 is 11.7 Å². The second-order valence-electron chi connectivity index (χ2n) is 4.83. The summed E-state index contributed by atoms with van der Waals surface area (Å²) < 4.78 is 15.5. The van der Waals surface area contributed by atoms with Crippen molar-refractivity contribution in [3.8, 4) is 0 Å².